The first-order valence-corrected chi connectivity index (χ1v) is 10.4. The van der Waals surface area contributed by atoms with Crippen molar-refractivity contribution in [3.8, 4) is 0 Å². The van der Waals surface area contributed by atoms with Crippen molar-refractivity contribution >= 4 is 34.1 Å². The first-order valence-electron chi connectivity index (χ1n) is 10.4. The van der Waals surface area contributed by atoms with E-state index in [-0.39, 0.29) is 30.1 Å². The second kappa shape index (κ2) is 9.23. The van der Waals surface area contributed by atoms with Crippen molar-refractivity contribution in [2.24, 2.45) is 0 Å². The monoisotopic (exact) mass is 440 g/mol. The summed E-state index contributed by atoms with van der Waals surface area (Å²) in [5.74, 6) is -0.751. The Morgan fingerprint density at radius 1 is 1.19 bits per heavy atom. The van der Waals surface area contributed by atoms with Gasteiger partial charge in [0.25, 0.3) is 5.69 Å². The van der Waals surface area contributed by atoms with Crippen molar-refractivity contribution in [3.63, 3.8) is 0 Å². The van der Waals surface area contributed by atoms with Crippen molar-refractivity contribution in [1.29, 1.82) is 0 Å². The zero-order valence-corrected chi connectivity index (χ0v) is 17.7. The minimum Gasteiger partial charge on any atom is -0.407 e. The minimum absolute atomic E-state index is 0.146. The number of nitro benzene ring substituents is 1. The predicted molar refractivity (Wildman–Crippen MR) is 119 cm³/mol. The lowest BCUT2D eigenvalue weighted by Crippen LogP contribution is -2.36. The van der Waals surface area contributed by atoms with Gasteiger partial charge < -0.3 is 19.4 Å². The molecule has 1 amide bonds. The molecule has 168 valence electrons. The molecule has 0 spiro atoms. The fourth-order valence-corrected chi connectivity index (χ4v) is 3.80. The van der Waals surface area contributed by atoms with E-state index in [0.29, 0.717) is 25.2 Å². The normalized spacial score (nSPS) is 14.0. The third-order valence-electron chi connectivity index (χ3n) is 5.51. The fourth-order valence-electron chi connectivity index (χ4n) is 3.80. The summed E-state index contributed by atoms with van der Waals surface area (Å²) in [5.41, 5.74) is 3.31. The van der Waals surface area contributed by atoms with E-state index >= 15 is 0 Å². The molecular formula is C22H24N4O6. The highest BCUT2D eigenvalue weighted by atomic mass is 16.6. The molecule has 2 aromatic carbocycles. The largest absolute Gasteiger partial charge is 0.419 e. The average Bonchev–Trinajstić information content (AvgIpc) is 3.10. The number of ether oxygens (including phenoxy) is 1. The van der Waals surface area contributed by atoms with Crippen LogP contribution in [0.4, 0.5) is 17.1 Å². The number of carbonyl (C=O) groups is 1. The Bertz CT molecular complexity index is 1210. The van der Waals surface area contributed by atoms with Crippen LogP contribution in [0.5, 0.6) is 0 Å². The van der Waals surface area contributed by atoms with E-state index in [1.54, 1.807) is 0 Å². The number of nitrogens with zero attached hydrogens (tertiary/aromatic N) is 3. The van der Waals surface area contributed by atoms with Crippen molar-refractivity contribution in [1.82, 2.24) is 4.57 Å². The number of hydrogen-bond donors (Lipinski definition) is 1. The number of morpholine rings is 1. The van der Waals surface area contributed by atoms with E-state index in [4.69, 9.17) is 9.15 Å². The summed E-state index contributed by atoms with van der Waals surface area (Å²) in [6.45, 7) is 5.34. The molecule has 1 aliphatic rings. The number of benzene rings is 2. The van der Waals surface area contributed by atoms with Gasteiger partial charge in [0.15, 0.2) is 5.58 Å². The second-order valence-electron chi connectivity index (χ2n) is 7.68. The predicted octanol–water partition coefficient (Wildman–Crippen LogP) is 3.07. The lowest BCUT2D eigenvalue weighted by atomic mass is 10.1. The number of aromatic nitrogens is 1. The van der Waals surface area contributed by atoms with Crippen LogP contribution in [0.25, 0.3) is 11.1 Å². The molecular weight excluding hydrogens is 416 g/mol. The number of oxazole rings is 1. The van der Waals surface area contributed by atoms with Gasteiger partial charge in [-0.3, -0.25) is 19.5 Å². The molecule has 10 nitrogen and oxygen atoms in total. The quantitative estimate of drug-likeness (QED) is 0.443. The molecule has 0 atom stereocenters. The van der Waals surface area contributed by atoms with Crippen molar-refractivity contribution in [2.75, 3.05) is 36.5 Å². The summed E-state index contributed by atoms with van der Waals surface area (Å²) < 4.78 is 11.9. The third kappa shape index (κ3) is 4.65. The topological polar surface area (TPSA) is 120 Å². The van der Waals surface area contributed by atoms with E-state index in [9.17, 15) is 19.7 Å². The van der Waals surface area contributed by atoms with Gasteiger partial charge in [-0.25, -0.2) is 4.79 Å². The standard InChI is InChI=1S/C22H24N4O6/c1-15-13-16(24-9-11-31-12-10-24)4-6-18(15)23-21(27)3-2-8-25-19-7-5-17(26(29)30)14-20(19)32-22(25)28/h4-7,13-14H,2-3,8-12H2,1H3,(H,23,27). The number of anilines is 2. The van der Waals surface area contributed by atoms with Crippen molar-refractivity contribution in [3.05, 3.63) is 62.6 Å². The van der Waals surface area contributed by atoms with Crippen molar-refractivity contribution in [2.45, 2.75) is 26.3 Å². The number of nitro groups is 1. The maximum atomic E-state index is 12.4. The van der Waals surface area contributed by atoms with E-state index in [2.05, 4.69) is 16.3 Å². The summed E-state index contributed by atoms with van der Waals surface area (Å²) in [4.78, 5) is 37.1. The highest BCUT2D eigenvalue weighted by Crippen LogP contribution is 2.24. The van der Waals surface area contributed by atoms with Crippen LogP contribution >= 0.6 is 0 Å². The molecule has 0 unspecified atom stereocenters. The van der Waals surface area contributed by atoms with Gasteiger partial charge >= 0.3 is 5.76 Å². The maximum absolute atomic E-state index is 12.4. The first kappa shape index (κ1) is 21.6. The molecule has 0 radical (unpaired) electrons. The molecule has 2 heterocycles. The molecule has 0 aliphatic carbocycles. The van der Waals surface area contributed by atoms with Gasteiger partial charge in [-0.05, 0) is 43.2 Å². The summed E-state index contributed by atoms with van der Waals surface area (Å²) in [7, 11) is 0. The molecule has 1 fully saturated rings. The molecule has 32 heavy (non-hydrogen) atoms. The van der Waals surface area contributed by atoms with E-state index in [1.165, 1.54) is 22.8 Å². The van der Waals surface area contributed by atoms with Crippen LogP contribution in [0.3, 0.4) is 0 Å². The van der Waals surface area contributed by atoms with Gasteiger partial charge in [0.2, 0.25) is 5.91 Å². The zero-order chi connectivity index (χ0) is 22.7. The average molecular weight is 440 g/mol. The van der Waals surface area contributed by atoms with E-state index < -0.39 is 10.7 Å². The molecule has 1 N–H and O–H groups in total. The third-order valence-corrected chi connectivity index (χ3v) is 5.51. The highest BCUT2D eigenvalue weighted by Gasteiger charge is 2.15. The molecule has 3 aromatic rings. The minimum atomic E-state index is -0.601. The fraction of sp³-hybridized carbons (Fsp3) is 0.364. The van der Waals surface area contributed by atoms with E-state index in [0.717, 1.165) is 30.0 Å². The summed E-state index contributed by atoms with van der Waals surface area (Å²) >= 11 is 0. The Morgan fingerprint density at radius 3 is 2.69 bits per heavy atom. The van der Waals surface area contributed by atoms with Gasteiger partial charge in [0.05, 0.1) is 29.7 Å². The molecule has 0 saturated carbocycles. The summed E-state index contributed by atoms with van der Waals surface area (Å²) in [6, 6.07) is 9.98. The number of amides is 1. The number of nitrogens with one attached hydrogen (secondary N) is 1. The smallest absolute Gasteiger partial charge is 0.407 e. The van der Waals surface area contributed by atoms with Crippen LogP contribution in [-0.2, 0) is 16.1 Å². The highest BCUT2D eigenvalue weighted by molar-refractivity contribution is 5.91. The number of non-ortho nitro benzene ring substituents is 1. The molecule has 0 bridgehead atoms. The van der Waals surface area contributed by atoms with E-state index in [1.807, 2.05) is 19.1 Å². The number of hydrogen-bond acceptors (Lipinski definition) is 7. The molecule has 1 aliphatic heterocycles. The Hall–Kier alpha value is -3.66. The van der Waals surface area contributed by atoms with Gasteiger partial charge in [0.1, 0.15) is 0 Å². The number of fused-ring (bicyclic) bond motifs is 1. The van der Waals surface area contributed by atoms with Crippen LogP contribution in [0.15, 0.2) is 45.6 Å². The van der Waals surface area contributed by atoms with Gasteiger partial charge in [-0.15, -0.1) is 0 Å². The molecule has 1 aromatic heterocycles. The van der Waals surface area contributed by atoms with Gasteiger partial charge in [-0.1, -0.05) is 0 Å². The SMILES string of the molecule is Cc1cc(N2CCOCC2)ccc1NC(=O)CCCn1c(=O)oc2cc([N+](=O)[O-])ccc21. The van der Waals surface area contributed by atoms with Gasteiger partial charge in [0, 0.05) is 43.5 Å². The summed E-state index contributed by atoms with van der Waals surface area (Å²) in [5, 5.41) is 13.8. The molecule has 10 heteroatoms. The maximum Gasteiger partial charge on any atom is 0.419 e. The Kier molecular flexibility index (Phi) is 6.22. The van der Waals surface area contributed by atoms with Crippen LogP contribution in [-0.4, -0.2) is 41.7 Å². The Labute approximate surface area is 183 Å². The molecule has 1 saturated heterocycles. The number of aryl methyl sites for hydroxylation is 2. The van der Waals surface area contributed by atoms with Crippen LogP contribution in [0.1, 0.15) is 18.4 Å². The van der Waals surface area contributed by atoms with Crippen molar-refractivity contribution < 1.29 is 18.9 Å². The Balaban J connectivity index is 1.35. The van der Waals surface area contributed by atoms with Crippen LogP contribution in [0.2, 0.25) is 0 Å². The zero-order valence-electron chi connectivity index (χ0n) is 17.7. The molecule has 4 rings (SSSR count). The lowest BCUT2D eigenvalue weighted by molar-refractivity contribution is -0.384. The lowest BCUT2D eigenvalue weighted by Gasteiger charge is -2.29. The summed E-state index contributed by atoms with van der Waals surface area (Å²) in [6.07, 6.45) is 0.638. The number of carbonyl (C=O) groups excluding carboxylic acids is 1. The van der Waals surface area contributed by atoms with Crippen LogP contribution < -0.4 is 16.0 Å². The first-order chi connectivity index (χ1) is 15.4. The van der Waals surface area contributed by atoms with Gasteiger partial charge in [-0.2, -0.15) is 0 Å². The number of rotatable bonds is 7. The van der Waals surface area contributed by atoms with Crippen LogP contribution in [0, 0.1) is 17.0 Å². The Morgan fingerprint density at radius 2 is 1.97 bits per heavy atom. The second-order valence-corrected chi connectivity index (χ2v) is 7.68.